The second-order valence-electron chi connectivity index (χ2n) is 8.51. The highest BCUT2D eigenvalue weighted by atomic mass is 16.5. The topological polar surface area (TPSA) is 104 Å². The zero-order valence-electron chi connectivity index (χ0n) is 18.7. The molecule has 3 N–H and O–H groups in total. The summed E-state index contributed by atoms with van der Waals surface area (Å²) in [5, 5.41) is 15.4. The van der Waals surface area contributed by atoms with Gasteiger partial charge in [-0.2, -0.15) is 0 Å². The fraction of sp³-hybridized carbons (Fsp3) is 0.696. The van der Waals surface area contributed by atoms with Crippen LogP contribution < -0.4 is 10.6 Å². The molecule has 0 spiro atoms. The van der Waals surface area contributed by atoms with Crippen LogP contribution in [-0.2, 0) is 22.4 Å². The lowest BCUT2D eigenvalue weighted by molar-refractivity contribution is -0.140. The maximum atomic E-state index is 12.1. The first kappa shape index (κ1) is 23.3. The number of hydrogen-bond acceptors (Lipinski definition) is 5. The van der Waals surface area contributed by atoms with Gasteiger partial charge in [-0.25, -0.2) is 14.6 Å². The van der Waals surface area contributed by atoms with E-state index in [0.717, 1.165) is 50.2 Å². The van der Waals surface area contributed by atoms with E-state index in [1.807, 2.05) is 13.8 Å². The Morgan fingerprint density at radius 1 is 1.32 bits per heavy atom. The number of nitrogens with zero attached hydrogens (tertiary/aromatic N) is 2. The van der Waals surface area contributed by atoms with E-state index < -0.39 is 12.0 Å². The number of aliphatic carboxylic acids is 1. The number of carbonyl (C=O) groups excluding carboxylic acids is 1. The molecular formula is C23H36N4O4. The molecule has 2 aliphatic rings. The van der Waals surface area contributed by atoms with E-state index in [2.05, 4.69) is 22.8 Å². The number of carboxylic acids is 1. The average Bonchev–Trinajstić information content (AvgIpc) is 2.74. The maximum absolute atomic E-state index is 12.1. The first-order chi connectivity index (χ1) is 15.0. The molecule has 0 aromatic carbocycles. The highest BCUT2D eigenvalue weighted by Gasteiger charge is 2.30. The van der Waals surface area contributed by atoms with E-state index in [4.69, 9.17) is 9.72 Å². The van der Waals surface area contributed by atoms with Crippen molar-refractivity contribution in [2.24, 2.45) is 5.92 Å². The van der Waals surface area contributed by atoms with Crippen LogP contribution in [0.1, 0.15) is 57.2 Å². The molecule has 2 amide bonds. The van der Waals surface area contributed by atoms with Crippen LogP contribution in [-0.4, -0.2) is 65.4 Å². The van der Waals surface area contributed by atoms with E-state index in [9.17, 15) is 14.7 Å². The van der Waals surface area contributed by atoms with Crippen molar-refractivity contribution in [2.75, 3.05) is 31.6 Å². The van der Waals surface area contributed by atoms with Crippen molar-refractivity contribution in [3.63, 3.8) is 0 Å². The third-order valence-electron chi connectivity index (χ3n) is 6.36. The molecule has 1 atom stereocenters. The van der Waals surface area contributed by atoms with Gasteiger partial charge in [0.05, 0.1) is 6.10 Å². The first-order valence-electron chi connectivity index (χ1n) is 11.6. The molecule has 3 rings (SSSR count). The molecule has 172 valence electrons. The number of aryl methyl sites for hydroxylation is 2. The normalized spacial score (nSPS) is 20.7. The van der Waals surface area contributed by atoms with Gasteiger partial charge in [0.25, 0.3) is 0 Å². The van der Waals surface area contributed by atoms with Gasteiger partial charge in [-0.15, -0.1) is 0 Å². The quantitative estimate of drug-likeness (QED) is 0.497. The minimum atomic E-state index is -1.03. The molecule has 8 heteroatoms. The monoisotopic (exact) mass is 432 g/mol. The molecule has 8 nitrogen and oxygen atoms in total. The summed E-state index contributed by atoms with van der Waals surface area (Å²) in [5.41, 5.74) is 2.46. The number of rotatable bonds is 11. The maximum Gasteiger partial charge on any atom is 0.326 e. The van der Waals surface area contributed by atoms with Crippen molar-refractivity contribution in [3.8, 4) is 0 Å². The summed E-state index contributed by atoms with van der Waals surface area (Å²) < 4.78 is 5.86. The third kappa shape index (κ3) is 6.56. The Kier molecular flexibility index (Phi) is 8.51. The Labute approximate surface area is 184 Å². The fourth-order valence-corrected chi connectivity index (χ4v) is 4.27. The van der Waals surface area contributed by atoms with Crippen LogP contribution in [0.3, 0.4) is 0 Å². The summed E-state index contributed by atoms with van der Waals surface area (Å²) in [7, 11) is 0. The smallest absolute Gasteiger partial charge is 0.326 e. The van der Waals surface area contributed by atoms with Gasteiger partial charge in [-0.3, -0.25) is 0 Å². The Balaban J connectivity index is 1.32. The van der Waals surface area contributed by atoms with Gasteiger partial charge in [0, 0.05) is 38.4 Å². The van der Waals surface area contributed by atoms with Crippen LogP contribution >= 0.6 is 0 Å². The number of carboxylic acid groups (broad SMARTS) is 1. The second-order valence-corrected chi connectivity index (χ2v) is 8.51. The molecule has 0 saturated heterocycles. The van der Waals surface area contributed by atoms with Gasteiger partial charge >= 0.3 is 12.0 Å². The van der Waals surface area contributed by atoms with Crippen LogP contribution in [0.2, 0.25) is 0 Å². The zero-order valence-corrected chi connectivity index (χ0v) is 18.7. The summed E-state index contributed by atoms with van der Waals surface area (Å²) in [6, 6.07) is 3.09. The van der Waals surface area contributed by atoms with Gasteiger partial charge in [-0.1, -0.05) is 6.07 Å². The van der Waals surface area contributed by atoms with Crippen molar-refractivity contribution in [3.05, 3.63) is 23.4 Å². The minimum Gasteiger partial charge on any atom is -0.480 e. The van der Waals surface area contributed by atoms with Crippen molar-refractivity contribution >= 4 is 17.8 Å². The summed E-state index contributed by atoms with van der Waals surface area (Å²) in [6.45, 7) is 6.18. The summed E-state index contributed by atoms with van der Waals surface area (Å²) in [6.07, 6.45) is 6.84. The van der Waals surface area contributed by atoms with Crippen molar-refractivity contribution < 1.29 is 19.4 Å². The third-order valence-corrected chi connectivity index (χ3v) is 6.36. The van der Waals surface area contributed by atoms with Gasteiger partial charge in [-0.05, 0) is 69.9 Å². The number of aromatic nitrogens is 1. The van der Waals surface area contributed by atoms with Crippen LogP contribution in [0, 0.1) is 5.92 Å². The van der Waals surface area contributed by atoms with Crippen molar-refractivity contribution in [1.29, 1.82) is 0 Å². The summed E-state index contributed by atoms with van der Waals surface area (Å²) >= 11 is 0. The van der Waals surface area contributed by atoms with Crippen molar-refractivity contribution in [2.45, 2.75) is 70.9 Å². The van der Waals surface area contributed by atoms with Crippen LogP contribution in [0.5, 0.6) is 0 Å². The Hall–Kier alpha value is -2.35. The standard InChI is InChI=1S/C23H36N4O4/c1-3-27(4-2)23(30)26-20(22(28)29)11-13-31-19-14-16(15-19)7-9-18-10-8-17-6-5-12-24-21(17)25-18/h8,10,16,19-20H,3-7,9,11-15H2,1-2H3,(H,24,25)(H,26,30)(H,28,29)/t16?,19?,20-/m0/s1. The molecule has 1 aromatic heterocycles. The lowest BCUT2D eigenvalue weighted by atomic mass is 9.79. The SMILES string of the molecule is CCN(CC)C(=O)N[C@@H](CCOC1CC(CCc2ccc3c(n2)NCCC3)C1)C(=O)O. The van der Waals surface area contributed by atoms with Gasteiger partial charge in [0.2, 0.25) is 0 Å². The molecule has 1 aliphatic carbocycles. The van der Waals surface area contributed by atoms with E-state index in [1.54, 1.807) is 4.90 Å². The van der Waals surface area contributed by atoms with E-state index in [-0.39, 0.29) is 18.6 Å². The number of nitrogens with one attached hydrogen (secondary N) is 2. The van der Waals surface area contributed by atoms with E-state index >= 15 is 0 Å². The first-order valence-corrected chi connectivity index (χ1v) is 11.6. The molecule has 1 fully saturated rings. The summed E-state index contributed by atoms with van der Waals surface area (Å²) in [5.74, 6) is 0.663. The highest BCUT2D eigenvalue weighted by molar-refractivity contribution is 5.82. The van der Waals surface area contributed by atoms with Gasteiger partial charge in [0.1, 0.15) is 11.9 Å². The molecular weight excluding hydrogens is 396 g/mol. The number of hydrogen-bond donors (Lipinski definition) is 3. The number of carbonyl (C=O) groups is 2. The summed E-state index contributed by atoms with van der Waals surface area (Å²) in [4.78, 5) is 29.9. The molecule has 1 aromatic rings. The fourth-order valence-electron chi connectivity index (χ4n) is 4.27. The van der Waals surface area contributed by atoms with E-state index in [1.165, 1.54) is 12.0 Å². The molecule has 0 unspecified atom stereocenters. The number of amides is 2. The zero-order chi connectivity index (χ0) is 22.2. The Bertz CT molecular complexity index is 747. The van der Waals surface area contributed by atoms with Crippen LogP contribution in [0.15, 0.2) is 12.1 Å². The molecule has 31 heavy (non-hydrogen) atoms. The van der Waals surface area contributed by atoms with Crippen molar-refractivity contribution in [1.82, 2.24) is 15.2 Å². The predicted molar refractivity (Wildman–Crippen MR) is 119 cm³/mol. The number of ether oxygens (including phenoxy) is 1. The molecule has 2 heterocycles. The number of anilines is 1. The van der Waals surface area contributed by atoms with Crippen LogP contribution in [0.4, 0.5) is 10.6 Å². The number of pyridine rings is 1. The average molecular weight is 433 g/mol. The molecule has 1 aliphatic heterocycles. The molecule has 0 radical (unpaired) electrons. The second kappa shape index (κ2) is 11.3. The van der Waals surface area contributed by atoms with Crippen LogP contribution in [0.25, 0.3) is 0 Å². The Morgan fingerprint density at radius 2 is 2.10 bits per heavy atom. The largest absolute Gasteiger partial charge is 0.480 e. The van der Waals surface area contributed by atoms with Gasteiger partial charge < -0.3 is 25.4 Å². The molecule has 0 bridgehead atoms. The number of urea groups is 1. The van der Waals surface area contributed by atoms with E-state index in [0.29, 0.717) is 25.6 Å². The predicted octanol–water partition coefficient (Wildman–Crippen LogP) is 3.06. The highest BCUT2D eigenvalue weighted by Crippen LogP contribution is 2.34. The minimum absolute atomic E-state index is 0.191. The Morgan fingerprint density at radius 3 is 2.81 bits per heavy atom. The lowest BCUT2D eigenvalue weighted by Gasteiger charge is -2.35. The molecule has 1 saturated carbocycles. The lowest BCUT2D eigenvalue weighted by Crippen LogP contribution is -2.48. The van der Waals surface area contributed by atoms with Gasteiger partial charge in [0.15, 0.2) is 0 Å². The number of fused-ring (bicyclic) bond motifs is 1.